The Morgan fingerprint density at radius 1 is 1.48 bits per heavy atom. The summed E-state index contributed by atoms with van der Waals surface area (Å²) in [4.78, 5) is 0.186. The lowest BCUT2D eigenvalue weighted by molar-refractivity contribution is -0.0659. The standard InChI is InChI=1S/C14H24N2O4S/c1-11(2)16-8-13(7-12(16)9-17)21(18,19)15-10-14(20-3)5-4-6-14/h7-8,11,15,17H,4-6,9-10H2,1-3H3. The number of ether oxygens (including phenoxy) is 1. The van der Waals surface area contributed by atoms with Crippen LogP contribution in [-0.4, -0.2) is 37.3 Å². The van der Waals surface area contributed by atoms with Crippen molar-refractivity contribution in [1.29, 1.82) is 0 Å². The summed E-state index contributed by atoms with van der Waals surface area (Å²) in [6.07, 6.45) is 4.38. The molecule has 0 unspecified atom stereocenters. The van der Waals surface area contributed by atoms with Gasteiger partial charge >= 0.3 is 0 Å². The van der Waals surface area contributed by atoms with E-state index < -0.39 is 10.0 Å². The first-order valence-electron chi connectivity index (χ1n) is 7.20. The summed E-state index contributed by atoms with van der Waals surface area (Å²) in [5.41, 5.74) is 0.239. The molecule has 0 aromatic carbocycles. The van der Waals surface area contributed by atoms with Crippen LogP contribution in [0, 0.1) is 0 Å². The summed E-state index contributed by atoms with van der Waals surface area (Å²) in [5.74, 6) is 0. The highest BCUT2D eigenvalue weighted by Gasteiger charge is 2.38. The van der Waals surface area contributed by atoms with Gasteiger partial charge in [-0.15, -0.1) is 0 Å². The zero-order chi connectivity index (χ0) is 15.7. The number of aliphatic hydroxyl groups excluding tert-OH is 1. The molecule has 0 amide bonds. The van der Waals surface area contributed by atoms with Crippen LogP contribution in [0.5, 0.6) is 0 Å². The lowest BCUT2D eigenvalue weighted by Gasteiger charge is -2.40. The van der Waals surface area contributed by atoms with Crippen molar-refractivity contribution in [3.63, 3.8) is 0 Å². The first kappa shape index (κ1) is 16.5. The molecule has 1 aliphatic carbocycles. The molecule has 7 heteroatoms. The van der Waals surface area contributed by atoms with Gasteiger partial charge in [-0.3, -0.25) is 0 Å². The smallest absolute Gasteiger partial charge is 0.242 e. The third-order valence-corrected chi connectivity index (χ3v) is 5.59. The van der Waals surface area contributed by atoms with Crippen molar-refractivity contribution in [2.75, 3.05) is 13.7 Å². The molecule has 1 saturated carbocycles. The number of nitrogens with one attached hydrogen (secondary N) is 1. The van der Waals surface area contributed by atoms with E-state index in [-0.39, 0.29) is 29.7 Å². The molecule has 1 aliphatic rings. The number of sulfonamides is 1. The van der Waals surface area contributed by atoms with E-state index in [9.17, 15) is 13.5 Å². The zero-order valence-corrected chi connectivity index (χ0v) is 13.6. The van der Waals surface area contributed by atoms with E-state index in [2.05, 4.69) is 4.72 Å². The Labute approximate surface area is 126 Å². The fraction of sp³-hybridized carbons (Fsp3) is 0.714. The van der Waals surface area contributed by atoms with Crippen LogP contribution in [0.15, 0.2) is 17.2 Å². The van der Waals surface area contributed by atoms with E-state index in [1.54, 1.807) is 17.9 Å². The van der Waals surface area contributed by atoms with E-state index >= 15 is 0 Å². The van der Waals surface area contributed by atoms with Gasteiger partial charge in [0, 0.05) is 31.6 Å². The van der Waals surface area contributed by atoms with Crippen LogP contribution in [0.25, 0.3) is 0 Å². The van der Waals surface area contributed by atoms with Crippen molar-refractivity contribution >= 4 is 10.0 Å². The molecule has 0 spiro atoms. The van der Waals surface area contributed by atoms with Gasteiger partial charge in [-0.25, -0.2) is 13.1 Å². The molecule has 2 rings (SSSR count). The fourth-order valence-electron chi connectivity index (χ4n) is 2.59. The Kier molecular flexibility index (Phi) is 4.77. The SMILES string of the molecule is COC1(CNS(=O)(=O)c2cc(CO)n(C(C)C)c2)CCC1. The van der Waals surface area contributed by atoms with Gasteiger partial charge in [0.15, 0.2) is 0 Å². The molecule has 0 radical (unpaired) electrons. The Morgan fingerprint density at radius 2 is 2.14 bits per heavy atom. The summed E-state index contributed by atoms with van der Waals surface area (Å²) in [7, 11) is -1.97. The molecular formula is C14H24N2O4S. The van der Waals surface area contributed by atoms with Crippen molar-refractivity contribution in [2.45, 2.75) is 56.3 Å². The van der Waals surface area contributed by atoms with Gasteiger partial charge in [0.05, 0.1) is 17.1 Å². The molecule has 2 N–H and O–H groups in total. The third-order valence-electron chi connectivity index (χ3n) is 4.22. The average Bonchev–Trinajstić information content (AvgIpc) is 2.83. The van der Waals surface area contributed by atoms with Gasteiger partial charge in [0.2, 0.25) is 10.0 Å². The van der Waals surface area contributed by atoms with E-state index in [0.717, 1.165) is 19.3 Å². The second kappa shape index (κ2) is 6.08. The Hall–Kier alpha value is -0.890. The molecule has 120 valence electrons. The number of methoxy groups -OCH3 is 1. The number of hydrogen-bond donors (Lipinski definition) is 2. The molecule has 6 nitrogen and oxygen atoms in total. The van der Waals surface area contributed by atoms with Crippen LogP contribution in [0.4, 0.5) is 0 Å². The molecule has 1 aromatic heterocycles. The van der Waals surface area contributed by atoms with E-state index in [4.69, 9.17) is 4.74 Å². The summed E-state index contributed by atoms with van der Waals surface area (Å²) >= 11 is 0. The normalized spacial score (nSPS) is 18.0. The van der Waals surface area contributed by atoms with Gasteiger partial charge < -0.3 is 14.4 Å². The minimum atomic E-state index is -3.59. The van der Waals surface area contributed by atoms with Gasteiger partial charge in [-0.2, -0.15) is 0 Å². The minimum Gasteiger partial charge on any atom is -0.390 e. The second-order valence-corrected chi connectivity index (χ2v) is 7.66. The maximum atomic E-state index is 12.4. The first-order chi connectivity index (χ1) is 9.83. The van der Waals surface area contributed by atoms with Crippen molar-refractivity contribution in [3.05, 3.63) is 18.0 Å². The minimum absolute atomic E-state index is 0.0908. The Balaban J connectivity index is 2.16. The highest BCUT2D eigenvalue weighted by Crippen LogP contribution is 2.34. The van der Waals surface area contributed by atoms with Crippen LogP contribution >= 0.6 is 0 Å². The molecule has 0 saturated heterocycles. The lowest BCUT2D eigenvalue weighted by atomic mass is 9.80. The summed E-state index contributed by atoms with van der Waals surface area (Å²) < 4.78 is 34.6. The highest BCUT2D eigenvalue weighted by molar-refractivity contribution is 7.89. The lowest BCUT2D eigenvalue weighted by Crippen LogP contribution is -2.49. The van der Waals surface area contributed by atoms with Gasteiger partial charge in [-0.1, -0.05) is 0 Å². The Bertz CT molecular complexity index is 583. The number of rotatable bonds is 7. The topological polar surface area (TPSA) is 80.6 Å². The molecule has 1 fully saturated rings. The van der Waals surface area contributed by atoms with E-state index in [0.29, 0.717) is 5.69 Å². The van der Waals surface area contributed by atoms with E-state index in [1.807, 2.05) is 13.8 Å². The fourth-order valence-corrected chi connectivity index (χ4v) is 3.75. The van der Waals surface area contributed by atoms with Gasteiger partial charge in [0.25, 0.3) is 0 Å². The van der Waals surface area contributed by atoms with Crippen molar-refractivity contribution in [1.82, 2.24) is 9.29 Å². The predicted molar refractivity (Wildman–Crippen MR) is 79.5 cm³/mol. The number of aliphatic hydroxyl groups is 1. The van der Waals surface area contributed by atoms with Crippen LogP contribution in [0.1, 0.15) is 44.8 Å². The number of nitrogens with zero attached hydrogens (tertiary/aromatic N) is 1. The van der Waals surface area contributed by atoms with Gasteiger partial charge in [0.1, 0.15) is 0 Å². The monoisotopic (exact) mass is 316 g/mol. The largest absolute Gasteiger partial charge is 0.390 e. The molecule has 1 aromatic rings. The number of hydrogen-bond acceptors (Lipinski definition) is 4. The zero-order valence-electron chi connectivity index (χ0n) is 12.8. The van der Waals surface area contributed by atoms with Crippen LogP contribution in [0.2, 0.25) is 0 Å². The highest BCUT2D eigenvalue weighted by atomic mass is 32.2. The summed E-state index contributed by atoms with van der Waals surface area (Å²) in [6, 6.07) is 1.61. The third kappa shape index (κ3) is 3.31. The van der Waals surface area contributed by atoms with Gasteiger partial charge in [-0.05, 0) is 39.2 Å². The average molecular weight is 316 g/mol. The molecular weight excluding hydrogens is 292 g/mol. The summed E-state index contributed by atoms with van der Waals surface area (Å²) in [5, 5.41) is 9.33. The Morgan fingerprint density at radius 3 is 2.52 bits per heavy atom. The quantitative estimate of drug-likeness (QED) is 0.797. The first-order valence-corrected chi connectivity index (χ1v) is 8.68. The van der Waals surface area contributed by atoms with E-state index in [1.165, 1.54) is 6.07 Å². The van der Waals surface area contributed by atoms with Crippen molar-refractivity contribution in [2.24, 2.45) is 0 Å². The number of aromatic nitrogens is 1. The second-order valence-electron chi connectivity index (χ2n) is 5.89. The van der Waals surface area contributed by atoms with Crippen LogP contribution in [-0.2, 0) is 21.4 Å². The van der Waals surface area contributed by atoms with Crippen molar-refractivity contribution in [3.8, 4) is 0 Å². The van der Waals surface area contributed by atoms with Crippen LogP contribution in [0.3, 0.4) is 0 Å². The molecule has 1 heterocycles. The molecule has 0 aliphatic heterocycles. The van der Waals surface area contributed by atoms with Crippen molar-refractivity contribution < 1.29 is 18.3 Å². The van der Waals surface area contributed by atoms with Crippen LogP contribution < -0.4 is 4.72 Å². The molecule has 0 atom stereocenters. The maximum absolute atomic E-state index is 12.4. The maximum Gasteiger partial charge on any atom is 0.242 e. The predicted octanol–water partition coefficient (Wildman–Crippen LogP) is 1.41. The molecule has 21 heavy (non-hydrogen) atoms. The summed E-state index contributed by atoms with van der Waals surface area (Å²) in [6.45, 7) is 3.98. The molecule has 0 bridgehead atoms.